The number of nitrogens with one attached hydrogen (secondary N) is 1. The van der Waals surface area contributed by atoms with Crippen LogP contribution in [0.2, 0.25) is 0 Å². The average Bonchev–Trinajstić information content (AvgIpc) is 3.23. The number of hydrogen-bond acceptors (Lipinski definition) is 6. The second-order valence-electron chi connectivity index (χ2n) is 5.12. The van der Waals surface area contributed by atoms with Gasteiger partial charge in [0.1, 0.15) is 0 Å². The number of thiophene rings is 1. The molecule has 0 fully saturated rings. The Morgan fingerprint density at radius 1 is 1.30 bits per heavy atom. The van der Waals surface area contributed by atoms with Crippen molar-refractivity contribution >= 4 is 22.9 Å². The fraction of sp³-hybridized carbons (Fsp3) is 0.188. The lowest BCUT2D eigenvalue weighted by atomic mass is 10.1. The summed E-state index contributed by atoms with van der Waals surface area (Å²) in [7, 11) is 3.45. The predicted molar refractivity (Wildman–Crippen MR) is 89.4 cm³/mol. The van der Waals surface area contributed by atoms with E-state index in [4.69, 9.17) is 4.52 Å². The molecule has 0 atom stereocenters. The Morgan fingerprint density at radius 3 is 2.87 bits per heavy atom. The van der Waals surface area contributed by atoms with Gasteiger partial charge < -0.3 is 14.7 Å². The summed E-state index contributed by atoms with van der Waals surface area (Å²) in [5.74, 6) is 0.983. The zero-order valence-corrected chi connectivity index (χ0v) is 13.6. The maximum atomic E-state index is 12.2. The van der Waals surface area contributed by atoms with Gasteiger partial charge in [0, 0.05) is 30.7 Å². The summed E-state index contributed by atoms with van der Waals surface area (Å²) in [6.07, 6.45) is 0. The summed E-state index contributed by atoms with van der Waals surface area (Å²) in [5.41, 5.74) is 2.28. The molecule has 0 aliphatic carbocycles. The number of hydrogen-bond donors (Lipinski definition) is 1. The highest BCUT2D eigenvalue weighted by atomic mass is 32.1. The van der Waals surface area contributed by atoms with Gasteiger partial charge in [-0.2, -0.15) is 16.3 Å². The first-order valence-electron chi connectivity index (χ1n) is 7.05. The molecule has 0 spiro atoms. The molecule has 1 amide bonds. The van der Waals surface area contributed by atoms with Crippen molar-refractivity contribution in [2.24, 2.45) is 0 Å². The van der Waals surface area contributed by atoms with Crippen LogP contribution in [0.25, 0.3) is 11.4 Å². The monoisotopic (exact) mass is 328 g/mol. The number of para-hydroxylation sites is 1. The molecule has 0 saturated heterocycles. The van der Waals surface area contributed by atoms with Crippen molar-refractivity contribution in [3.63, 3.8) is 0 Å². The minimum absolute atomic E-state index is 0.0578. The highest BCUT2D eigenvalue weighted by Crippen LogP contribution is 2.20. The molecule has 7 heteroatoms. The lowest BCUT2D eigenvalue weighted by Crippen LogP contribution is -2.22. The van der Waals surface area contributed by atoms with Crippen LogP contribution in [0.3, 0.4) is 0 Å². The Labute approximate surface area is 137 Å². The van der Waals surface area contributed by atoms with Crippen LogP contribution in [-0.2, 0) is 6.54 Å². The van der Waals surface area contributed by atoms with E-state index in [-0.39, 0.29) is 5.91 Å². The van der Waals surface area contributed by atoms with Gasteiger partial charge in [0.2, 0.25) is 11.7 Å². The van der Waals surface area contributed by atoms with E-state index in [9.17, 15) is 4.79 Å². The molecule has 118 valence electrons. The van der Waals surface area contributed by atoms with Crippen LogP contribution in [0, 0.1) is 0 Å². The maximum absolute atomic E-state index is 12.2. The number of amides is 1. The van der Waals surface area contributed by atoms with Crippen LogP contribution in [0.4, 0.5) is 5.69 Å². The normalized spacial score (nSPS) is 10.5. The number of carbonyl (C=O) groups excluding carboxylic acids is 1. The number of anilines is 1. The fourth-order valence-electron chi connectivity index (χ4n) is 2.07. The van der Waals surface area contributed by atoms with Gasteiger partial charge in [0.15, 0.2) is 0 Å². The summed E-state index contributed by atoms with van der Waals surface area (Å²) in [6.45, 7) is 0.356. The van der Waals surface area contributed by atoms with Gasteiger partial charge in [-0.1, -0.05) is 17.3 Å². The van der Waals surface area contributed by atoms with E-state index >= 15 is 0 Å². The Hall–Kier alpha value is -2.67. The molecular weight excluding hydrogens is 312 g/mol. The van der Waals surface area contributed by atoms with Crippen molar-refractivity contribution in [3.8, 4) is 11.4 Å². The van der Waals surface area contributed by atoms with Crippen molar-refractivity contribution in [2.75, 3.05) is 19.4 Å². The molecular formula is C16H16N4O2S. The Kier molecular flexibility index (Phi) is 4.38. The number of rotatable bonds is 5. The van der Waals surface area contributed by atoms with Crippen molar-refractivity contribution in [3.05, 3.63) is 52.5 Å². The minimum atomic E-state index is -0.0578. The first-order chi connectivity index (χ1) is 11.1. The molecule has 0 unspecified atom stereocenters. The first kappa shape index (κ1) is 15.2. The molecule has 1 N–H and O–H groups in total. The fourth-order valence-corrected chi connectivity index (χ4v) is 2.71. The third kappa shape index (κ3) is 3.40. The number of benzene rings is 1. The second kappa shape index (κ2) is 6.62. The number of aromatic nitrogens is 2. The van der Waals surface area contributed by atoms with Gasteiger partial charge in [-0.05, 0) is 23.6 Å². The molecule has 3 rings (SSSR count). The lowest BCUT2D eigenvalue weighted by Gasteiger charge is -2.14. The van der Waals surface area contributed by atoms with Crippen molar-refractivity contribution in [2.45, 2.75) is 6.54 Å². The van der Waals surface area contributed by atoms with Crippen molar-refractivity contribution < 1.29 is 9.32 Å². The van der Waals surface area contributed by atoms with Gasteiger partial charge in [-0.15, -0.1) is 0 Å². The van der Waals surface area contributed by atoms with E-state index in [1.54, 1.807) is 36.4 Å². The van der Waals surface area contributed by atoms with E-state index in [0.29, 0.717) is 23.8 Å². The van der Waals surface area contributed by atoms with Gasteiger partial charge in [-0.25, -0.2) is 0 Å². The topological polar surface area (TPSA) is 71.3 Å². The molecule has 0 aliphatic rings. The molecule has 0 radical (unpaired) electrons. The van der Waals surface area contributed by atoms with E-state index in [1.807, 2.05) is 35.0 Å². The van der Waals surface area contributed by atoms with Gasteiger partial charge >= 0.3 is 0 Å². The molecule has 2 heterocycles. The van der Waals surface area contributed by atoms with Crippen LogP contribution in [0.5, 0.6) is 0 Å². The van der Waals surface area contributed by atoms with Gasteiger partial charge in [-0.3, -0.25) is 4.79 Å². The summed E-state index contributed by atoms with van der Waals surface area (Å²) in [6, 6.07) is 9.29. The molecule has 0 aliphatic heterocycles. The van der Waals surface area contributed by atoms with Crippen LogP contribution >= 0.6 is 11.3 Å². The number of nitrogens with zero attached hydrogens (tertiary/aromatic N) is 3. The zero-order valence-electron chi connectivity index (χ0n) is 12.8. The Balaban J connectivity index is 1.73. The Morgan fingerprint density at radius 2 is 2.13 bits per heavy atom. The first-order valence-corrected chi connectivity index (χ1v) is 7.99. The molecule has 0 saturated carbocycles. The molecule has 6 nitrogen and oxygen atoms in total. The van der Waals surface area contributed by atoms with Crippen LogP contribution in [0.1, 0.15) is 16.2 Å². The zero-order chi connectivity index (χ0) is 16.2. The Bertz CT molecular complexity index is 796. The van der Waals surface area contributed by atoms with E-state index in [2.05, 4.69) is 15.5 Å². The highest BCUT2D eigenvalue weighted by Gasteiger charge is 2.14. The van der Waals surface area contributed by atoms with E-state index in [1.165, 1.54) is 0 Å². The SMILES string of the molecule is CN(C)C(=O)c1ccccc1NCc1nc(-c2ccsc2)no1. The maximum Gasteiger partial charge on any atom is 0.255 e. The highest BCUT2D eigenvalue weighted by molar-refractivity contribution is 7.08. The standard InChI is InChI=1S/C16H16N4O2S/c1-20(2)16(21)12-5-3-4-6-13(12)17-9-14-18-15(19-22-14)11-7-8-23-10-11/h3-8,10,17H,9H2,1-2H3. The third-order valence-electron chi connectivity index (χ3n) is 3.24. The largest absolute Gasteiger partial charge is 0.375 e. The van der Waals surface area contributed by atoms with Gasteiger partial charge in [0.25, 0.3) is 5.91 Å². The van der Waals surface area contributed by atoms with Crippen LogP contribution < -0.4 is 5.32 Å². The average molecular weight is 328 g/mol. The summed E-state index contributed by atoms with van der Waals surface area (Å²) in [5, 5.41) is 11.1. The van der Waals surface area contributed by atoms with E-state index < -0.39 is 0 Å². The molecule has 0 bridgehead atoms. The van der Waals surface area contributed by atoms with Crippen LogP contribution in [-0.4, -0.2) is 35.0 Å². The quantitative estimate of drug-likeness (QED) is 0.779. The summed E-state index contributed by atoms with van der Waals surface area (Å²) < 4.78 is 5.24. The number of carbonyl (C=O) groups is 1. The molecule has 2 aromatic heterocycles. The smallest absolute Gasteiger partial charge is 0.255 e. The van der Waals surface area contributed by atoms with Gasteiger partial charge in [0.05, 0.1) is 12.1 Å². The summed E-state index contributed by atoms with van der Waals surface area (Å²) in [4.78, 5) is 18.1. The second-order valence-corrected chi connectivity index (χ2v) is 5.90. The molecule has 1 aromatic carbocycles. The van der Waals surface area contributed by atoms with Crippen molar-refractivity contribution in [1.29, 1.82) is 0 Å². The summed E-state index contributed by atoms with van der Waals surface area (Å²) >= 11 is 1.58. The predicted octanol–water partition coefficient (Wildman–Crippen LogP) is 3.11. The van der Waals surface area contributed by atoms with E-state index in [0.717, 1.165) is 11.3 Å². The van der Waals surface area contributed by atoms with Crippen molar-refractivity contribution in [1.82, 2.24) is 15.0 Å². The van der Waals surface area contributed by atoms with Crippen LogP contribution in [0.15, 0.2) is 45.6 Å². The minimum Gasteiger partial charge on any atom is -0.375 e. The lowest BCUT2D eigenvalue weighted by molar-refractivity contribution is 0.0828. The third-order valence-corrected chi connectivity index (χ3v) is 3.92. The molecule has 3 aromatic rings. The molecule has 23 heavy (non-hydrogen) atoms.